The maximum atomic E-state index is 5.77. The summed E-state index contributed by atoms with van der Waals surface area (Å²) in [5.41, 5.74) is 6.81. The first-order valence-electron chi connectivity index (χ1n) is 6.62. The van der Waals surface area contributed by atoms with E-state index in [1.165, 1.54) is 12.8 Å². The minimum absolute atomic E-state index is 0.572. The highest BCUT2D eigenvalue weighted by Gasteiger charge is 2.29. The van der Waals surface area contributed by atoms with E-state index in [1.54, 1.807) is 0 Å². The van der Waals surface area contributed by atoms with Crippen LogP contribution in [0.15, 0.2) is 10.5 Å². The van der Waals surface area contributed by atoms with E-state index in [4.69, 9.17) is 10.2 Å². The molecule has 0 bridgehead atoms. The Morgan fingerprint density at radius 1 is 1.47 bits per heavy atom. The van der Waals surface area contributed by atoms with Gasteiger partial charge in [0.05, 0.1) is 6.54 Å². The molecule has 0 spiro atoms. The molecular weight excluding hydrogens is 212 g/mol. The molecule has 2 N–H and O–H groups in total. The standard InChI is InChI=1S/C14H24N2O/c1-10(2)8-16(13-4-5-13)9-14-6-12(7-15)11(3)17-14/h6,10,13H,4-5,7-9,15H2,1-3H3. The van der Waals surface area contributed by atoms with Gasteiger partial charge in [-0.1, -0.05) is 13.8 Å². The summed E-state index contributed by atoms with van der Waals surface area (Å²) in [7, 11) is 0. The molecule has 0 radical (unpaired) electrons. The molecular formula is C14H24N2O. The topological polar surface area (TPSA) is 42.4 Å². The molecule has 0 unspecified atom stereocenters. The van der Waals surface area contributed by atoms with E-state index in [1.807, 2.05) is 6.92 Å². The molecule has 0 aliphatic heterocycles. The molecule has 1 fully saturated rings. The van der Waals surface area contributed by atoms with E-state index >= 15 is 0 Å². The molecule has 1 aliphatic rings. The summed E-state index contributed by atoms with van der Waals surface area (Å²) in [6.07, 6.45) is 2.69. The van der Waals surface area contributed by atoms with Crippen LogP contribution in [-0.2, 0) is 13.1 Å². The van der Waals surface area contributed by atoms with Crippen LogP contribution in [0.4, 0.5) is 0 Å². The summed E-state index contributed by atoms with van der Waals surface area (Å²) in [5.74, 6) is 2.75. The molecule has 0 aromatic carbocycles. The van der Waals surface area contributed by atoms with Crippen molar-refractivity contribution in [2.24, 2.45) is 11.7 Å². The maximum absolute atomic E-state index is 5.77. The number of nitrogens with two attached hydrogens (primary N) is 1. The van der Waals surface area contributed by atoms with Crippen molar-refractivity contribution in [2.75, 3.05) is 6.54 Å². The number of aryl methyl sites for hydroxylation is 1. The first-order valence-corrected chi connectivity index (χ1v) is 6.62. The highest BCUT2D eigenvalue weighted by atomic mass is 16.3. The molecule has 1 aromatic rings. The predicted octanol–water partition coefficient (Wildman–Crippen LogP) is 2.67. The minimum atomic E-state index is 0.572. The zero-order chi connectivity index (χ0) is 12.4. The lowest BCUT2D eigenvalue weighted by molar-refractivity contribution is 0.208. The minimum Gasteiger partial charge on any atom is -0.465 e. The average molecular weight is 236 g/mol. The molecule has 1 aromatic heterocycles. The first-order chi connectivity index (χ1) is 8.10. The Morgan fingerprint density at radius 2 is 2.18 bits per heavy atom. The van der Waals surface area contributed by atoms with Crippen molar-refractivity contribution in [1.82, 2.24) is 4.90 Å². The monoisotopic (exact) mass is 236 g/mol. The highest BCUT2D eigenvalue weighted by molar-refractivity contribution is 5.20. The van der Waals surface area contributed by atoms with Gasteiger partial charge in [-0.25, -0.2) is 0 Å². The van der Waals surface area contributed by atoms with Crippen LogP contribution in [0.1, 0.15) is 43.8 Å². The molecule has 3 nitrogen and oxygen atoms in total. The van der Waals surface area contributed by atoms with E-state index in [-0.39, 0.29) is 0 Å². The molecule has 0 atom stereocenters. The van der Waals surface area contributed by atoms with Crippen molar-refractivity contribution in [3.63, 3.8) is 0 Å². The Kier molecular flexibility index (Phi) is 3.89. The van der Waals surface area contributed by atoms with Crippen LogP contribution in [0.3, 0.4) is 0 Å². The van der Waals surface area contributed by atoms with Crippen molar-refractivity contribution < 1.29 is 4.42 Å². The lowest BCUT2D eigenvalue weighted by Gasteiger charge is -2.22. The summed E-state index contributed by atoms with van der Waals surface area (Å²) in [4.78, 5) is 2.54. The SMILES string of the molecule is Cc1oc(CN(CC(C)C)C2CC2)cc1CN. The Bertz CT molecular complexity index is 366. The first kappa shape index (κ1) is 12.7. The summed E-state index contributed by atoms with van der Waals surface area (Å²) in [6.45, 7) is 9.20. The van der Waals surface area contributed by atoms with Crippen LogP contribution in [0, 0.1) is 12.8 Å². The van der Waals surface area contributed by atoms with Crippen LogP contribution in [0.5, 0.6) is 0 Å². The third kappa shape index (κ3) is 3.33. The van der Waals surface area contributed by atoms with Crippen LogP contribution >= 0.6 is 0 Å². The van der Waals surface area contributed by atoms with Gasteiger partial charge in [-0.05, 0) is 31.7 Å². The van der Waals surface area contributed by atoms with Gasteiger partial charge in [-0.2, -0.15) is 0 Å². The zero-order valence-corrected chi connectivity index (χ0v) is 11.2. The summed E-state index contributed by atoms with van der Waals surface area (Å²) in [6, 6.07) is 2.90. The van der Waals surface area contributed by atoms with Crippen LogP contribution in [0.25, 0.3) is 0 Å². The van der Waals surface area contributed by atoms with Gasteiger partial charge in [0.15, 0.2) is 0 Å². The quantitative estimate of drug-likeness (QED) is 0.825. The molecule has 0 amide bonds. The fourth-order valence-corrected chi connectivity index (χ4v) is 2.32. The zero-order valence-electron chi connectivity index (χ0n) is 11.2. The van der Waals surface area contributed by atoms with Gasteiger partial charge in [0.25, 0.3) is 0 Å². The van der Waals surface area contributed by atoms with Gasteiger partial charge in [-0.15, -0.1) is 0 Å². The fourth-order valence-electron chi connectivity index (χ4n) is 2.32. The second-order valence-electron chi connectivity index (χ2n) is 5.55. The van der Waals surface area contributed by atoms with Crippen molar-refractivity contribution >= 4 is 0 Å². The number of hydrogen-bond acceptors (Lipinski definition) is 3. The summed E-state index contributed by atoms with van der Waals surface area (Å²) < 4.78 is 5.77. The molecule has 3 heteroatoms. The molecule has 2 rings (SSSR count). The van der Waals surface area contributed by atoms with Crippen LogP contribution < -0.4 is 5.73 Å². The van der Waals surface area contributed by atoms with E-state index in [2.05, 4.69) is 24.8 Å². The van der Waals surface area contributed by atoms with Gasteiger partial charge < -0.3 is 10.2 Å². The lowest BCUT2D eigenvalue weighted by Crippen LogP contribution is -2.29. The van der Waals surface area contributed by atoms with Crippen molar-refractivity contribution in [3.8, 4) is 0 Å². The third-order valence-electron chi connectivity index (χ3n) is 3.31. The van der Waals surface area contributed by atoms with Gasteiger partial charge in [0.2, 0.25) is 0 Å². The smallest absolute Gasteiger partial charge is 0.118 e. The number of nitrogens with zero attached hydrogens (tertiary/aromatic N) is 1. The third-order valence-corrected chi connectivity index (χ3v) is 3.31. The fraction of sp³-hybridized carbons (Fsp3) is 0.714. The van der Waals surface area contributed by atoms with Gasteiger partial charge in [0.1, 0.15) is 11.5 Å². The van der Waals surface area contributed by atoms with Crippen LogP contribution in [0.2, 0.25) is 0 Å². The summed E-state index contributed by atoms with van der Waals surface area (Å²) >= 11 is 0. The molecule has 0 saturated heterocycles. The number of furan rings is 1. The predicted molar refractivity (Wildman–Crippen MR) is 69.6 cm³/mol. The van der Waals surface area contributed by atoms with Crippen LogP contribution in [-0.4, -0.2) is 17.5 Å². The van der Waals surface area contributed by atoms with Crippen molar-refractivity contribution in [3.05, 3.63) is 23.2 Å². The normalized spacial score (nSPS) is 16.1. The van der Waals surface area contributed by atoms with Crippen molar-refractivity contribution in [1.29, 1.82) is 0 Å². The van der Waals surface area contributed by atoms with Gasteiger partial charge in [0, 0.05) is 24.7 Å². The Morgan fingerprint density at radius 3 is 2.65 bits per heavy atom. The van der Waals surface area contributed by atoms with Gasteiger partial charge >= 0.3 is 0 Å². The second-order valence-corrected chi connectivity index (χ2v) is 5.55. The average Bonchev–Trinajstić information content (AvgIpc) is 3.02. The highest BCUT2D eigenvalue weighted by Crippen LogP contribution is 2.29. The largest absolute Gasteiger partial charge is 0.465 e. The van der Waals surface area contributed by atoms with E-state index in [0.717, 1.165) is 36.2 Å². The van der Waals surface area contributed by atoms with E-state index in [9.17, 15) is 0 Å². The van der Waals surface area contributed by atoms with E-state index < -0.39 is 0 Å². The molecule has 17 heavy (non-hydrogen) atoms. The van der Waals surface area contributed by atoms with E-state index in [0.29, 0.717) is 12.5 Å². The Labute approximate surface area is 104 Å². The van der Waals surface area contributed by atoms with Gasteiger partial charge in [-0.3, -0.25) is 4.90 Å². The Balaban J connectivity index is 2.00. The molecule has 96 valence electrons. The van der Waals surface area contributed by atoms with Crippen molar-refractivity contribution in [2.45, 2.75) is 52.7 Å². The number of rotatable bonds is 6. The summed E-state index contributed by atoms with van der Waals surface area (Å²) in [5, 5.41) is 0. The molecule has 1 aliphatic carbocycles. The lowest BCUT2D eigenvalue weighted by atomic mass is 10.2. The molecule has 1 heterocycles. The number of hydrogen-bond donors (Lipinski definition) is 1. The Hall–Kier alpha value is -0.800. The molecule has 1 saturated carbocycles. The maximum Gasteiger partial charge on any atom is 0.118 e. The second kappa shape index (κ2) is 5.23.